The molecule has 2 aromatic carbocycles. The van der Waals surface area contributed by atoms with Crippen molar-refractivity contribution in [1.29, 1.82) is 0 Å². The van der Waals surface area contributed by atoms with E-state index < -0.39 is 0 Å². The van der Waals surface area contributed by atoms with Crippen LogP contribution >= 0.6 is 0 Å². The van der Waals surface area contributed by atoms with E-state index in [0.717, 1.165) is 37.7 Å². The maximum Gasteiger partial charge on any atom is 0.419 e. The van der Waals surface area contributed by atoms with Crippen molar-refractivity contribution >= 4 is 16.9 Å². The van der Waals surface area contributed by atoms with Gasteiger partial charge in [0.05, 0.1) is 5.52 Å². The summed E-state index contributed by atoms with van der Waals surface area (Å²) < 4.78 is 7.00. The maximum atomic E-state index is 12.2. The number of aromatic nitrogens is 1. The van der Waals surface area contributed by atoms with Gasteiger partial charge in [-0.05, 0) is 96.0 Å². The molecule has 0 saturated carbocycles. The maximum absolute atomic E-state index is 12.2. The van der Waals surface area contributed by atoms with Crippen LogP contribution in [0.5, 0.6) is 0 Å². The van der Waals surface area contributed by atoms with Crippen LogP contribution in [0.1, 0.15) is 108 Å². The van der Waals surface area contributed by atoms with Gasteiger partial charge in [-0.1, -0.05) is 57.5 Å². The summed E-state index contributed by atoms with van der Waals surface area (Å²) in [6.07, 6.45) is 5.48. The Morgan fingerprint density at radius 1 is 0.919 bits per heavy atom. The number of aryl methyl sites for hydroxylation is 2. The lowest BCUT2D eigenvalue weighted by Crippen LogP contribution is -2.40. The van der Waals surface area contributed by atoms with Gasteiger partial charge in [0.15, 0.2) is 11.4 Å². The molecule has 0 amide bonds. The SMILES string of the molecule is CCC(C)N(CCCCn1c(=O)oc2cc(C(C)=O)ccc21)C(C)CC.CCC(C)c1ccc(C)cc1. The molecule has 0 aliphatic rings. The van der Waals surface area contributed by atoms with Gasteiger partial charge in [0.25, 0.3) is 0 Å². The van der Waals surface area contributed by atoms with E-state index in [9.17, 15) is 9.59 Å². The molecule has 37 heavy (non-hydrogen) atoms. The number of hydrogen-bond donors (Lipinski definition) is 0. The first-order valence-electron chi connectivity index (χ1n) is 14.1. The van der Waals surface area contributed by atoms with Crippen molar-refractivity contribution in [1.82, 2.24) is 9.47 Å². The summed E-state index contributed by atoms with van der Waals surface area (Å²) in [5.74, 6) is 0.328. The molecule has 0 fully saturated rings. The van der Waals surface area contributed by atoms with Crippen molar-refractivity contribution in [3.05, 3.63) is 69.7 Å². The molecule has 0 aliphatic carbocycles. The van der Waals surface area contributed by atoms with Crippen molar-refractivity contribution in [2.45, 2.75) is 112 Å². The highest BCUT2D eigenvalue weighted by Gasteiger charge is 2.17. The van der Waals surface area contributed by atoms with Crippen LogP contribution in [-0.4, -0.2) is 33.9 Å². The van der Waals surface area contributed by atoms with Gasteiger partial charge in [-0.15, -0.1) is 0 Å². The first-order valence-corrected chi connectivity index (χ1v) is 14.1. The Balaban J connectivity index is 0.000000364. The second kappa shape index (κ2) is 14.9. The molecule has 5 heteroatoms. The van der Waals surface area contributed by atoms with E-state index in [-0.39, 0.29) is 11.5 Å². The highest BCUT2D eigenvalue weighted by atomic mass is 16.4. The first-order chi connectivity index (χ1) is 17.6. The van der Waals surface area contributed by atoms with Crippen LogP contribution in [0.15, 0.2) is 51.7 Å². The van der Waals surface area contributed by atoms with Crippen LogP contribution in [0.4, 0.5) is 0 Å². The minimum absolute atomic E-state index is 0.0301. The molecule has 0 saturated heterocycles. The van der Waals surface area contributed by atoms with Gasteiger partial charge in [0, 0.05) is 24.2 Å². The van der Waals surface area contributed by atoms with Gasteiger partial charge in [-0.2, -0.15) is 0 Å². The molecule has 1 aromatic heterocycles. The van der Waals surface area contributed by atoms with Crippen molar-refractivity contribution in [2.24, 2.45) is 0 Å². The number of oxazole rings is 1. The fourth-order valence-electron chi connectivity index (χ4n) is 4.54. The number of Topliss-reactive ketones (excluding diaryl/α,β-unsaturated/α-hetero) is 1. The number of ketones is 1. The van der Waals surface area contributed by atoms with Gasteiger partial charge < -0.3 is 4.42 Å². The van der Waals surface area contributed by atoms with Crippen molar-refractivity contribution in [3.8, 4) is 0 Å². The molecule has 5 nitrogen and oxygen atoms in total. The Hall–Kier alpha value is -2.66. The average Bonchev–Trinajstić information content (AvgIpc) is 3.22. The summed E-state index contributed by atoms with van der Waals surface area (Å²) in [4.78, 5) is 26.2. The lowest BCUT2D eigenvalue weighted by Gasteiger charge is -2.33. The third-order valence-electron chi connectivity index (χ3n) is 7.70. The van der Waals surface area contributed by atoms with Gasteiger partial charge in [-0.25, -0.2) is 4.79 Å². The topological polar surface area (TPSA) is 55.5 Å². The van der Waals surface area contributed by atoms with Crippen LogP contribution in [0.25, 0.3) is 11.1 Å². The van der Waals surface area contributed by atoms with Gasteiger partial charge >= 0.3 is 5.76 Å². The number of unbranched alkanes of at least 4 members (excludes halogenated alkanes) is 1. The fourth-order valence-corrected chi connectivity index (χ4v) is 4.54. The summed E-state index contributed by atoms with van der Waals surface area (Å²) in [6, 6.07) is 15.2. The van der Waals surface area contributed by atoms with Crippen LogP contribution in [-0.2, 0) is 6.54 Å². The molecular weight excluding hydrogens is 460 g/mol. The zero-order valence-corrected chi connectivity index (χ0v) is 24.3. The Kier molecular flexibility index (Phi) is 12.3. The molecular formula is C32H48N2O3. The zero-order valence-electron chi connectivity index (χ0n) is 24.3. The molecule has 0 spiro atoms. The second-order valence-electron chi connectivity index (χ2n) is 10.4. The number of hydrogen-bond acceptors (Lipinski definition) is 4. The summed E-state index contributed by atoms with van der Waals surface area (Å²) in [5, 5.41) is 0. The average molecular weight is 509 g/mol. The standard InChI is InChI=1S/C21H32N2O3.C11H16/c1-6-15(3)22(16(4)7-2)12-8-9-13-23-19-11-10-18(17(5)24)14-20(19)26-21(23)25;1-4-10(3)11-7-5-9(2)6-8-11/h10-11,14-16H,6-9,12-13H2,1-5H3;5-8,10H,4H2,1-3H3. The number of carbonyl (C=O) groups excluding carboxylic acids is 1. The van der Waals surface area contributed by atoms with Crippen LogP contribution in [0, 0.1) is 6.92 Å². The largest absolute Gasteiger partial charge is 0.419 e. The smallest absolute Gasteiger partial charge is 0.408 e. The van der Waals surface area contributed by atoms with Crippen molar-refractivity contribution in [3.63, 3.8) is 0 Å². The van der Waals surface area contributed by atoms with E-state index in [1.54, 1.807) is 16.7 Å². The van der Waals surface area contributed by atoms with E-state index in [2.05, 4.69) is 77.6 Å². The minimum Gasteiger partial charge on any atom is -0.408 e. The van der Waals surface area contributed by atoms with E-state index in [0.29, 0.717) is 35.7 Å². The summed E-state index contributed by atoms with van der Waals surface area (Å²) in [5.41, 5.74) is 4.62. The number of nitrogens with zero attached hydrogens (tertiary/aromatic N) is 2. The van der Waals surface area contributed by atoms with Crippen molar-refractivity contribution in [2.75, 3.05) is 6.54 Å². The van der Waals surface area contributed by atoms with Crippen LogP contribution < -0.4 is 5.76 Å². The molecule has 0 N–H and O–H groups in total. The quantitative estimate of drug-likeness (QED) is 0.184. The van der Waals surface area contributed by atoms with E-state index in [4.69, 9.17) is 4.42 Å². The third-order valence-corrected chi connectivity index (χ3v) is 7.70. The normalized spacial score (nSPS) is 13.8. The molecule has 0 bridgehead atoms. The number of carbonyl (C=O) groups is 1. The first kappa shape index (κ1) is 30.6. The van der Waals surface area contributed by atoms with Crippen LogP contribution in [0.3, 0.4) is 0 Å². The van der Waals surface area contributed by atoms with Gasteiger partial charge in [-0.3, -0.25) is 14.3 Å². The van der Waals surface area contributed by atoms with E-state index in [1.165, 1.54) is 24.5 Å². The Bertz CT molecular complexity index is 1150. The minimum atomic E-state index is -0.346. The fraction of sp³-hybridized carbons (Fsp3) is 0.562. The van der Waals surface area contributed by atoms with Gasteiger partial charge in [0.1, 0.15) is 0 Å². The molecule has 204 valence electrons. The zero-order chi connectivity index (χ0) is 27.5. The van der Waals surface area contributed by atoms with Crippen molar-refractivity contribution < 1.29 is 9.21 Å². The Morgan fingerprint density at radius 3 is 2.08 bits per heavy atom. The Labute approximate surface area is 223 Å². The number of fused-ring (bicyclic) bond motifs is 1. The number of rotatable bonds is 12. The van der Waals surface area contributed by atoms with E-state index >= 15 is 0 Å². The summed E-state index contributed by atoms with van der Waals surface area (Å²) >= 11 is 0. The third kappa shape index (κ3) is 8.70. The molecule has 1 heterocycles. The van der Waals surface area contributed by atoms with Crippen LogP contribution in [0.2, 0.25) is 0 Å². The molecule has 3 rings (SSSR count). The molecule has 0 radical (unpaired) electrons. The predicted octanol–water partition coefficient (Wildman–Crippen LogP) is 7.98. The lowest BCUT2D eigenvalue weighted by molar-refractivity contribution is 0.101. The monoisotopic (exact) mass is 508 g/mol. The highest BCUT2D eigenvalue weighted by Crippen LogP contribution is 2.19. The van der Waals surface area contributed by atoms with E-state index in [1.807, 2.05) is 6.07 Å². The van der Waals surface area contributed by atoms with Gasteiger partial charge in [0.2, 0.25) is 0 Å². The second-order valence-corrected chi connectivity index (χ2v) is 10.4. The molecule has 3 unspecified atom stereocenters. The molecule has 3 atom stereocenters. The predicted molar refractivity (Wildman–Crippen MR) is 156 cm³/mol. The molecule has 0 aliphatic heterocycles. The molecule has 3 aromatic rings. The Morgan fingerprint density at radius 2 is 1.54 bits per heavy atom. The lowest BCUT2D eigenvalue weighted by atomic mass is 9.98. The summed E-state index contributed by atoms with van der Waals surface area (Å²) in [6.45, 7) is 18.8. The summed E-state index contributed by atoms with van der Waals surface area (Å²) in [7, 11) is 0. The highest BCUT2D eigenvalue weighted by molar-refractivity contribution is 5.96. The number of benzene rings is 2.